The van der Waals surface area contributed by atoms with Crippen LogP contribution < -0.4 is 10.1 Å². The van der Waals surface area contributed by atoms with Crippen LogP contribution in [-0.2, 0) is 4.79 Å². The van der Waals surface area contributed by atoms with Gasteiger partial charge in [-0.3, -0.25) is 9.59 Å². The maximum atomic E-state index is 13.7. The first-order chi connectivity index (χ1) is 14.0. The molecule has 30 heavy (non-hydrogen) atoms. The lowest BCUT2D eigenvalue weighted by molar-refractivity contribution is -0.274. The molecule has 0 radical (unpaired) electrons. The monoisotopic (exact) mass is 424 g/mol. The number of carbonyl (C=O) groups is 2. The number of anilines is 1. The zero-order valence-electron chi connectivity index (χ0n) is 16.3. The molecule has 3 rings (SSSR count). The van der Waals surface area contributed by atoms with Crippen LogP contribution in [0.15, 0.2) is 42.5 Å². The molecule has 0 aromatic heterocycles. The van der Waals surface area contributed by atoms with E-state index in [1.54, 1.807) is 29.2 Å². The maximum absolute atomic E-state index is 13.7. The van der Waals surface area contributed by atoms with Crippen LogP contribution in [0.5, 0.6) is 5.75 Å². The van der Waals surface area contributed by atoms with Crippen molar-refractivity contribution in [2.45, 2.75) is 26.1 Å². The third-order valence-corrected chi connectivity index (χ3v) is 4.53. The van der Waals surface area contributed by atoms with Crippen molar-refractivity contribution in [3.63, 3.8) is 0 Å². The van der Waals surface area contributed by atoms with Gasteiger partial charge in [0, 0.05) is 36.5 Å². The first-order valence-corrected chi connectivity index (χ1v) is 9.29. The van der Waals surface area contributed by atoms with E-state index < -0.39 is 29.8 Å². The Bertz CT molecular complexity index is 960. The summed E-state index contributed by atoms with van der Waals surface area (Å²) in [6, 6.07) is 9.03. The number of rotatable bonds is 5. The van der Waals surface area contributed by atoms with Crippen molar-refractivity contribution < 1.29 is 31.9 Å². The van der Waals surface area contributed by atoms with E-state index in [4.69, 9.17) is 0 Å². The average Bonchev–Trinajstić information content (AvgIpc) is 2.61. The molecule has 2 aromatic carbocycles. The van der Waals surface area contributed by atoms with Gasteiger partial charge in [0.15, 0.2) is 0 Å². The maximum Gasteiger partial charge on any atom is 0.573 e. The second-order valence-electron chi connectivity index (χ2n) is 7.46. The number of amides is 2. The second-order valence-corrected chi connectivity index (χ2v) is 7.46. The molecule has 5 nitrogen and oxygen atoms in total. The number of halogens is 4. The largest absolute Gasteiger partial charge is 0.573 e. The van der Waals surface area contributed by atoms with Gasteiger partial charge in [0.1, 0.15) is 11.6 Å². The Hall–Kier alpha value is -3.10. The van der Waals surface area contributed by atoms with Crippen molar-refractivity contribution in [3.8, 4) is 5.75 Å². The topological polar surface area (TPSA) is 58.6 Å². The highest BCUT2D eigenvalue weighted by atomic mass is 19.4. The summed E-state index contributed by atoms with van der Waals surface area (Å²) in [6.45, 7) is 4.44. The van der Waals surface area contributed by atoms with Crippen molar-refractivity contribution in [3.05, 3.63) is 59.4 Å². The van der Waals surface area contributed by atoms with Gasteiger partial charge in [-0.25, -0.2) is 4.39 Å². The van der Waals surface area contributed by atoms with Gasteiger partial charge in [-0.15, -0.1) is 13.2 Å². The first-order valence-electron chi connectivity index (χ1n) is 9.29. The molecule has 0 saturated carbocycles. The van der Waals surface area contributed by atoms with E-state index in [9.17, 15) is 27.2 Å². The zero-order valence-corrected chi connectivity index (χ0v) is 16.3. The van der Waals surface area contributed by atoms with Gasteiger partial charge < -0.3 is 15.0 Å². The Morgan fingerprint density at radius 3 is 2.60 bits per heavy atom. The molecule has 0 saturated heterocycles. The van der Waals surface area contributed by atoms with Crippen LogP contribution in [-0.4, -0.2) is 36.2 Å². The zero-order chi connectivity index (χ0) is 22.1. The summed E-state index contributed by atoms with van der Waals surface area (Å²) >= 11 is 0. The van der Waals surface area contributed by atoms with Gasteiger partial charge in [0.25, 0.3) is 5.91 Å². The van der Waals surface area contributed by atoms with E-state index in [1.807, 2.05) is 13.8 Å². The normalized spacial score (nSPS) is 16.4. The van der Waals surface area contributed by atoms with Crippen molar-refractivity contribution in [1.29, 1.82) is 0 Å². The Morgan fingerprint density at radius 1 is 1.23 bits per heavy atom. The van der Waals surface area contributed by atoms with Crippen LogP contribution in [0.3, 0.4) is 0 Å². The van der Waals surface area contributed by atoms with Crippen molar-refractivity contribution in [2.24, 2.45) is 5.92 Å². The van der Waals surface area contributed by atoms with Crippen molar-refractivity contribution in [1.82, 2.24) is 4.90 Å². The Morgan fingerprint density at radius 2 is 1.93 bits per heavy atom. The Balaban J connectivity index is 1.87. The van der Waals surface area contributed by atoms with Crippen molar-refractivity contribution in [2.75, 3.05) is 18.4 Å². The predicted octanol–water partition coefficient (Wildman–Crippen LogP) is 4.56. The van der Waals surface area contributed by atoms with Gasteiger partial charge in [-0.2, -0.15) is 0 Å². The number of fused-ring (bicyclic) bond motifs is 1. The molecule has 2 aromatic rings. The fourth-order valence-corrected chi connectivity index (χ4v) is 3.45. The lowest BCUT2D eigenvalue weighted by Gasteiger charge is -2.34. The van der Waals surface area contributed by atoms with Crippen LogP contribution in [0.2, 0.25) is 0 Å². The summed E-state index contributed by atoms with van der Waals surface area (Å²) in [5, 5.41) is 2.44. The molecule has 1 heterocycles. The molecule has 0 fully saturated rings. The van der Waals surface area contributed by atoms with Crippen LogP contribution in [0.25, 0.3) is 0 Å². The van der Waals surface area contributed by atoms with E-state index in [2.05, 4.69) is 10.1 Å². The molecule has 1 N–H and O–H groups in total. The van der Waals surface area contributed by atoms with Crippen molar-refractivity contribution >= 4 is 17.5 Å². The van der Waals surface area contributed by atoms with E-state index in [0.717, 1.165) is 12.1 Å². The highest BCUT2D eigenvalue weighted by molar-refractivity contribution is 6.03. The quantitative estimate of drug-likeness (QED) is 0.716. The van der Waals surface area contributed by atoms with Crippen LogP contribution in [0.4, 0.5) is 23.2 Å². The summed E-state index contributed by atoms with van der Waals surface area (Å²) in [4.78, 5) is 27.2. The molecule has 1 atom stereocenters. The van der Waals surface area contributed by atoms with Crippen LogP contribution in [0.1, 0.15) is 35.7 Å². The lowest BCUT2D eigenvalue weighted by Crippen LogP contribution is -2.45. The molecular formula is C21H20F4N2O3. The number of ether oxygens (including phenoxy) is 1. The van der Waals surface area contributed by atoms with Crippen LogP contribution >= 0.6 is 0 Å². The average molecular weight is 424 g/mol. The minimum atomic E-state index is -4.99. The third-order valence-electron chi connectivity index (χ3n) is 4.53. The van der Waals surface area contributed by atoms with Crippen LogP contribution in [0, 0.1) is 11.7 Å². The molecule has 160 valence electrons. The molecule has 0 bridgehead atoms. The highest BCUT2D eigenvalue weighted by Crippen LogP contribution is 2.31. The van der Waals surface area contributed by atoms with Gasteiger partial charge in [0.05, 0.1) is 5.92 Å². The fourth-order valence-electron chi connectivity index (χ4n) is 3.45. The number of nitrogens with one attached hydrogen (secondary N) is 1. The third kappa shape index (κ3) is 5.08. The molecular weight excluding hydrogens is 404 g/mol. The Labute approximate surface area is 170 Å². The summed E-state index contributed by atoms with van der Waals surface area (Å²) in [7, 11) is 0. The number of carbonyl (C=O) groups excluding carboxylic acids is 2. The van der Waals surface area contributed by atoms with Gasteiger partial charge in [0.2, 0.25) is 5.91 Å². The Kier molecular flexibility index (Phi) is 6.00. The summed E-state index contributed by atoms with van der Waals surface area (Å²) in [5.41, 5.74) is 0.733. The fraction of sp³-hybridized carbons (Fsp3) is 0.333. The molecule has 1 aliphatic rings. The lowest BCUT2D eigenvalue weighted by atomic mass is 9.88. The number of hydrogen-bond acceptors (Lipinski definition) is 3. The molecule has 1 aliphatic heterocycles. The number of benzene rings is 2. The number of hydrogen-bond donors (Lipinski definition) is 1. The standard InChI is InChI=1S/C21H20F4N2O3/c1-12(2)10-27-11-18(16-5-3-4-6-17(16)20(27)29)19(28)26-14-7-13(22)8-15(9-14)30-21(23,24)25/h3-9,12,18H,10-11H2,1-2H3,(H,26,28)/t18-/m0/s1. The first kappa shape index (κ1) is 21.6. The SMILES string of the molecule is CC(C)CN1C[C@H](C(=O)Nc2cc(F)cc(OC(F)(F)F)c2)c2ccccc2C1=O. The predicted molar refractivity (Wildman–Crippen MR) is 102 cm³/mol. The van der Waals surface area contributed by atoms with Gasteiger partial charge in [-0.1, -0.05) is 32.0 Å². The molecule has 0 unspecified atom stereocenters. The van der Waals surface area contributed by atoms with E-state index in [-0.39, 0.29) is 24.1 Å². The highest BCUT2D eigenvalue weighted by Gasteiger charge is 2.35. The molecule has 2 amide bonds. The molecule has 0 spiro atoms. The smallest absolute Gasteiger partial charge is 0.406 e. The van der Waals surface area contributed by atoms with Gasteiger partial charge >= 0.3 is 6.36 Å². The molecule has 9 heteroatoms. The second kappa shape index (κ2) is 8.33. The van der Waals surface area contributed by atoms with E-state index >= 15 is 0 Å². The van der Waals surface area contributed by atoms with E-state index in [1.165, 1.54) is 0 Å². The summed E-state index contributed by atoms with van der Waals surface area (Å²) in [5.74, 6) is -3.10. The minimum Gasteiger partial charge on any atom is -0.406 e. The number of nitrogens with zero attached hydrogens (tertiary/aromatic N) is 1. The summed E-state index contributed by atoms with van der Waals surface area (Å²) in [6.07, 6.45) is -4.99. The molecule has 0 aliphatic carbocycles. The summed E-state index contributed by atoms with van der Waals surface area (Å²) < 4.78 is 54.8. The number of alkyl halides is 3. The minimum absolute atomic E-state index is 0.112. The van der Waals surface area contributed by atoms with E-state index in [0.29, 0.717) is 23.7 Å². The van der Waals surface area contributed by atoms with Gasteiger partial charge in [-0.05, 0) is 23.6 Å².